The van der Waals surface area contributed by atoms with Crippen LogP contribution in [0.5, 0.6) is 0 Å². The van der Waals surface area contributed by atoms with Crippen LogP contribution in [0.3, 0.4) is 0 Å². The van der Waals surface area contributed by atoms with Crippen LogP contribution in [-0.4, -0.2) is 36.1 Å². The third-order valence-corrected chi connectivity index (χ3v) is 6.60. The van der Waals surface area contributed by atoms with Crippen molar-refractivity contribution in [2.45, 2.75) is 44.2 Å². The lowest BCUT2D eigenvalue weighted by Gasteiger charge is -2.46. The van der Waals surface area contributed by atoms with Crippen molar-refractivity contribution in [2.24, 2.45) is 0 Å². The number of carbonyl (C=O) groups is 3. The molecule has 2 aliphatic heterocycles. The van der Waals surface area contributed by atoms with Crippen molar-refractivity contribution in [3.8, 4) is 0 Å². The Hall–Kier alpha value is -2.42. The zero-order valence-corrected chi connectivity index (χ0v) is 17.8. The average Bonchev–Trinajstić information content (AvgIpc) is 3.18. The fraction of sp³-hybridized carbons (Fsp3) is 0.381. The van der Waals surface area contributed by atoms with Gasteiger partial charge in [-0.3, -0.25) is 9.59 Å². The summed E-state index contributed by atoms with van der Waals surface area (Å²) in [6.45, 7) is 0.213. The van der Waals surface area contributed by atoms with E-state index >= 15 is 0 Å². The maximum atomic E-state index is 13.3. The predicted octanol–water partition coefficient (Wildman–Crippen LogP) is 3.38. The second-order valence-corrected chi connectivity index (χ2v) is 8.50. The van der Waals surface area contributed by atoms with E-state index in [-0.39, 0.29) is 36.4 Å². The standard InChI is InChI=1S/C21H20ClNO6S/c1-27-20(26)21(14-5-2-3-6-15(14)22)23-12-13-9-10-30-16(13)11-17(23)28-18(24)7-4-8-19(25)29-21/h2-3,5-6,9-10,17H,4,7-8,11-12H2,1H3/t17?,21-/m0/s1. The summed E-state index contributed by atoms with van der Waals surface area (Å²) in [5.74, 6) is -1.87. The van der Waals surface area contributed by atoms with Crippen LogP contribution in [-0.2, 0) is 47.3 Å². The summed E-state index contributed by atoms with van der Waals surface area (Å²) in [4.78, 5) is 41.1. The van der Waals surface area contributed by atoms with Crippen LogP contribution in [0.2, 0.25) is 5.02 Å². The van der Waals surface area contributed by atoms with E-state index in [9.17, 15) is 14.4 Å². The van der Waals surface area contributed by atoms with Crippen LogP contribution in [0.1, 0.15) is 35.3 Å². The number of nitrogens with zero attached hydrogens (tertiary/aromatic N) is 1. The van der Waals surface area contributed by atoms with Crippen molar-refractivity contribution in [1.29, 1.82) is 0 Å². The molecule has 0 N–H and O–H groups in total. The van der Waals surface area contributed by atoms with Crippen LogP contribution >= 0.6 is 22.9 Å². The van der Waals surface area contributed by atoms with Gasteiger partial charge in [0.2, 0.25) is 0 Å². The highest BCUT2D eigenvalue weighted by molar-refractivity contribution is 7.10. The van der Waals surface area contributed by atoms with E-state index in [1.807, 2.05) is 11.4 Å². The first-order chi connectivity index (χ1) is 14.5. The number of methoxy groups -OCH3 is 1. The largest absolute Gasteiger partial charge is 0.465 e. The minimum absolute atomic E-state index is 0.0412. The van der Waals surface area contributed by atoms with Gasteiger partial charge >= 0.3 is 17.9 Å². The molecule has 1 fully saturated rings. The molecule has 1 unspecified atom stereocenters. The molecule has 1 aromatic heterocycles. The number of halogens is 1. The van der Waals surface area contributed by atoms with Gasteiger partial charge in [0.05, 0.1) is 7.11 Å². The Morgan fingerprint density at radius 1 is 1.23 bits per heavy atom. The first-order valence-corrected chi connectivity index (χ1v) is 10.8. The molecule has 7 nitrogen and oxygen atoms in total. The fourth-order valence-electron chi connectivity index (χ4n) is 3.88. The lowest BCUT2D eigenvalue weighted by Crippen LogP contribution is -2.61. The maximum Gasteiger partial charge on any atom is 0.371 e. The molecular formula is C21H20ClNO6S. The topological polar surface area (TPSA) is 82.1 Å². The molecule has 4 rings (SSSR count). The van der Waals surface area contributed by atoms with Gasteiger partial charge in [-0.25, -0.2) is 9.69 Å². The molecule has 2 aromatic rings. The SMILES string of the molecule is COC(=O)[C@]1(c2ccccc2Cl)OC(=O)CCCC(=O)OC2Cc3sccc3CN21. The molecule has 2 aliphatic rings. The fourth-order valence-corrected chi connectivity index (χ4v) is 5.06. The Kier molecular flexibility index (Phi) is 5.81. The Morgan fingerprint density at radius 2 is 2.00 bits per heavy atom. The van der Waals surface area contributed by atoms with Crippen LogP contribution in [0, 0.1) is 0 Å². The molecule has 0 spiro atoms. The molecule has 3 heterocycles. The van der Waals surface area contributed by atoms with Crippen molar-refractivity contribution in [2.75, 3.05) is 7.11 Å². The van der Waals surface area contributed by atoms with Gasteiger partial charge in [0.25, 0.3) is 5.72 Å². The van der Waals surface area contributed by atoms with Gasteiger partial charge in [0, 0.05) is 41.3 Å². The number of ether oxygens (including phenoxy) is 3. The zero-order valence-electron chi connectivity index (χ0n) is 16.3. The van der Waals surface area contributed by atoms with Gasteiger partial charge in [-0.2, -0.15) is 0 Å². The number of hydrogen-bond donors (Lipinski definition) is 0. The Morgan fingerprint density at radius 3 is 2.77 bits per heavy atom. The molecule has 0 saturated carbocycles. The van der Waals surface area contributed by atoms with Crippen molar-refractivity contribution >= 4 is 40.8 Å². The minimum Gasteiger partial charge on any atom is -0.465 e. The van der Waals surface area contributed by atoms with Gasteiger partial charge in [-0.1, -0.05) is 29.8 Å². The molecule has 1 saturated heterocycles. The number of rotatable bonds is 2. The van der Waals surface area contributed by atoms with E-state index in [2.05, 4.69) is 0 Å². The van der Waals surface area contributed by atoms with Gasteiger partial charge < -0.3 is 14.2 Å². The number of cyclic esters (lactones) is 1. The number of hydrogen-bond acceptors (Lipinski definition) is 8. The predicted molar refractivity (Wildman–Crippen MR) is 109 cm³/mol. The van der Waals surface area contributed by atoms with E-state index in [1.165, 1.54) is 7.11 Å². The molecule has 0 radical (unpaired) electrons. The summed E-state index contributed by atoms with van der Waals surface area (Å²) in [6.07, 6.45) is -0.160. The highest BCUT2D eigenvalue weighted by Crippen LogP contribution is 2.43. The molecule has 0 bridgehead atoms. The molecular weight excluding hydrogens is 430 g/mol. The van der Waals surface area contributed by atoms with Gasteiger partial charge in [0.1, 0.15) is 0 Å². The average molecular weight is 450 g/mol. The van der Waals surface area contributed by atoms with Crippen molar-refractivity contribution in [3.05, 3.63) is 56.7 Å². The Balaban J connectivity index is 1.94. The molecule has 2 atom stereocenters. The minimum atomic E-state index is -1.99. The lowest BCUT2D eigenvalue weighted by atomic mass is 9.95. The highest BCUT2D eigenvalue weighted by Gasteiger charge is 2.56. The van der Waals surface area contributed by atoms with E-state index in [4.69, 9.17) is 25.8 Å². The maximum absolute atomic E-state index is 13.3. The summed E-state index contributed by atoms with van der Waals surface area (Å²) in [6, 6.07) is 8.56. The van der Waals surface area contributed by atoms with Crippen molar-refractivity contribution in [3.63, 3.8) is 0 Å². The van der Waals surface area contributed by atoms with E-state index < -0.39 is 29.9 Å². The van der Waals surface area contributed by atoms with E-state index in [0.717, 1.165) is 10.4 Å². The van der Waals surface area contributed by atoms with Crippen molar-refractivity contribution < 1.29 is 28.6 Å². The van der Waals surface area contributed by atoms with E-state index in [0.29, 0.717) is 6.42 Å². The van der Waals surface area contributed by atoms with Crippen LogP contribution in [0.15, 0.2) is 35.7 Å². The van der Waals surface area contributed by atoms with Crippen molar-refractivity contribution in [1.82, 2.24) is 4.90 Å². The number of benzene rings is 1. The van der Waals surface area contributed by atoms with Gasteiger partial charge in [0.15, 0.2) is 6.23 Å². The molecule has 0 aliphatic carbocycles. The zero-order chi connectivity index (χ0) is 21.3. The first-order valence-electron chi connectivity index (χ1n) is 9.52. The number of carbonyl (C=O) groups excluding carboxylic acids is 3. The lowest BCUT2D eigenvalue weighted by molar-refractivity contribution is -0.240. The molecule has 0 amide bonds. The number of thiophene rings is 1. The van der Waals surface area contributed by atoms with Crippen LogP contribution in [0.25, 0.3) is 0 Å². The second-order valence-electron chi connectivity index (χ2n) is 7.09. The molecule has 1 aromatic carbocycles. The summed E-state index contributed by atoms with van der Waals surface area (Å²) in [5.41, 5.74) is -0.778. The highest BCUT2D eigenvalue weighted by atomic mass is 35.5. The third-order valence-electron chi connectivity index (χ3n) is 5.28. The van der Waals surface area contributed by atoms with Gasteiger partial charge in [-0.15, -0.1) is 11.3 Å². The molecule has 158 valence electrons. The Labute approximate surface area is 182 Å². The summed E-state index contributed by atoms with van der Waals surface area (Å²) < 4.78 is 16.7. The first kappa shape index (κ1) is 20.8. The number of fused-ring (bicyclic) bond motifs is 2. The Bertz CT molecular complexity index is 991. The normalized spacial score (nSPS) is 24.8. The van der Waals surface area contributed by atoms with Crippen LogP contribution < -0.4 is 0 Å². The smallest absolute Gasteiger partial charge is 0.371 e. The van der Waals surface area contributed by atoms with Gasteiger partial charge in [-0.05, 0) is 29.5 Å². The monoisotopic (exact) mass is 449 g/mol. The molecule has 30 heavy (non-hydrogen) atoms. The third kappa shape index (κ3) is 3.59. The summed E-state index contributed by atoms with van der Waals surface area (Å²) in [5, 5.41) is 2.17. The summed E-state index contributed by atoms with van der Waals surface area (Å²) in [7, 11) is 1.22. The quantitative estimate of drug-likeness (QED) is 0.513. The second kappa shape index (κ2) is 8.37. The van der Waals surface area contributed by atoms with Crippen LogP contribution in [0.4, 0.5) is 0 Å². The molecule has 9 heteroatoms. The number of esters is 3. The van der Waals surface area contributed by atoms with E-state index in [1.54, 1.807) is 40.5 Å². The summed E-state index contributed by atoms with van der Waals surface area (Å²) >= 11 is 8.02.